The molecule has 1 aliphatic heterocycles. The van der Waals surface area contributed by atoms with E-state index in [9.17, 15) is 14.4 Å². The minimum atomic E-state index is -1.22. The van der Waals surface area contributed by atoms with Crippen LogP contribution in [0.25, 0.3) is 16.9 Å². The van der Waals surface area contributed by atoms with Crippen molar-refractivity contribution < 1.29 is 19.1 Å². The van der Waals surface area contributed by atoms with Gasteiger partial charge in [0.25, 0.3) is 11.8 Å². The van der Waals surface area contributed by atoms with E-state index in [4.69, 9.17) is 4.74 Å². The fourth-order valence-corrected chi connectivity index (χ4v) is 4.56. The largest absolute Gasteiger partial charge is 0.445 e. The van der Waals surface area contributed by atoms with Gasteiger partial charge in [-0.25, -0.2) is 14.8 Å². The van der Waals surface area contributed by atoms with Gasteiger partial charge in [0.1, 0.15) is 11.7 Å². The number of imide groups is 1. The molecule has 0 saturated carbocycles. The zero-order valence-electron chi connectivity index (χ0n) is 21.5. The lowest BCUT2D eigenvalue weighted by Crippen LogP contribution is -2.50. The Morgan fingerprint density at radius 2 is 1.53 bits per heavy atom. The number of esters is 1. The molecule has 0 N–H and O–H groups in total. The molecule has 3 heterocycles. The highest BCUT2D eigenvalue weighted by atomic mass is 16.6. The van der Waals surface area contributed by atoms with Gasteiger partial charge < -0.3 is 4.74 Å². The van der Waals surface area contributed by atoms with Crippen molar-refractivity contribution in [3.05, 3.63) is 89.9 Å². The van der Waals surface area contributed by atoms with Crippen LogP contribution in [0.5, 0.6) is 0 Å². The first kappa shape index (κ1) is 24.9. The van der Waals surface area contributed by atoms with Crippen LogP contribution in [0, 0.1) is 17.8 Å². The summed E-state index contributed by atoms with van der Waals surface area (Å²) < 4.78 is 7.65. The standard InChI is InChI=1S/C30H26N4O4/c1-19(2)25(34-26(35)22-11-6-7-12-23(22)27(34)36)28(37)38-30(3,4)15-14-21-18-20-10-5-8-13-24(20)33(21)29-31-16-9-17-32-29/h5-13,16-19,25H,1-4H3/t25-/m0/s1. The lowest BCUT2D eigenvalue weighted by atomic mass is 10.0. The Hall–Kier alpha value is -4.77. The molecule has 0 unspecified atom stereocenters. The van der Waals surface area contributed by atoms with Crippen molar-refractivity contribution in [2.24, 2.45) is 5.92 Å². The molecular formula is C30H26N4O4. The van der Waals surface area contributed by atoms with Crippen molar-refractivity contribution in [2.75, 3.05) is 0 Å². The van der Waals surface area contributed by atoms with Crippen molar-refractivity contribution in [2.45, 2.75) is 39.3 Å². The Balaban J connectivity index is 1.44. The third-order valence-electron chi connectivity index (χ3n) is 6.29. The second-order valence-corrected chi connectivity index (χ2v) is 9.87. The van der Waals surface area contributed by atoms with Gasteiger partial charge in [-0.2, -0.15) is 0 Å². The number of ether oxygens (including phenoxy) is 1. The molecule has 190 valence electrons. The average molecular weight is 507 g/mol. The highest BCUT2D eigenvalue weighted by Crippen LogP contribution is 2.29. The van der Waals surface area contributed by atoms with Gasteiger partial charge in [-0.05, 0) is 61.9 Å². The van der Waals surface area contributed by atoms with Crippen LogP contribution in [-0.4, -0.2) is 48.9 Å². The van der Waals surface area contributed by atoms with Gasteiger partial charge in [0, 0.05) is 17.8 Å². The van der Waals surface area contributed by atoms with Crippen LogP contribution in [0.4, 0.5) is 0 Å². The Morgan fingerprint density at radius 3 is 2.16 bits per heavy atom. The van der Waals surface area contributed by atoms with Crippen molar-refractivity contribution >= 4 is 28.7 Å². The third-order valence-corrected chi connectivity index (χ3v) is 6.29. The smallest absolute Gasteiger partial charge is 0.331 e. The topological polar surface area (TPSA) is 94.4 Å². The summed E-state index contributed by atoms with van der Waals surface area (Å²) in [6.45, 7) is 6.88. The number of amides is 2. The molecule has 1 aliphatic rings. The minimum absolute atomic E-state index is 0.283. The monoisotopic (exact) mass is 506 g/mol. The first-order valence-electron chi connectivity index (χ1n) is 12.3. The molecule has 8 nitrogen and oxygen atoms in total. The zero-order chi connectivity index (χ0) is 27.0. The summed E-state index contributed by atoms with van der Waals surface area (Å²) in [7, 11) is 0. The lowest BCUT2D eigenvalue weighted by molar-refractivity contribution is -0.158. The Kier molecular flexibility index (Phi) is 6.29. The fourth-order valence-electron chi connectivity index (χ4n) is 4.56. The number of benzene rings is 2. The van der Waals surface area contributed by atoms with E-state index in [0.29, 0.717) is 11.6 Å². The molecule has 4 aromatic rings. The molecule has 0 spiro atoms. The summed E-state index contributed by atoms with van der Waals surface area (Å²) in [5.41, 5.74) is 0.865. The van der Waals surface area contributed by atoms with Gasteiger partial charge in [0.2, 0.25) is 5.95 Å². The molecule has 0 radical (unpaired) electrons. The van der Waals surface area contributed by atoms with Gasteiger partial charge in [0.05, 0.1) is 16.6 Å². The maximum Gasteiger partial charge on any atom is 0.331 e. The number of nitrogens with zero attached hydrogens (tertiary/aromatic N) is 4. The number of para-hydroxylation sites is 1. The molecular weight excluding hydrogens is 480 g/mol. The molecule has 0 bridgehead atoms. The van der Waals surface area contributed by atoms with Crippen LogP contribution in [0.1, 0.15) is 54.1 Å². The van der Waals surface area contributed by atoms with Crippen LogP contribution in [0.2, 0.25) is 0 Å². The fraction of sp³-hybridized carbons (Fsp3) is 0.233. The summed E-state index contributed by atoms with van der Waals surface area (Å²) in [5, 5.41) is 0.963. The van der Waals surface area contributed by atoms with E-state index >= 15 is 0 Å². The molecule has 2 amide bonds. The predicted octanol–water partition coefficient (Wildman–Crippen LogP) is 4.41. The van der Waals surface area contributed by atoms with Crippen molar-refractivity contribution in [3.8, 4) is 17.8 Å². The summed E-state index contributed by atoms with van der Waals surface area (Å²) in [6.07, 6.45) is 3.32. The quantitative estimate of drug-likeness (QED) is 0.226. The molecule has 0 aliphatic carbocycles. The SMILES string of the molecule is CC(C)[C@@H](C(=O)OC(C)(C)C#Cc1cc2ccccc2n1-c1ncccn1)N1C(=O)c2ccccc2C1=O. The molecule has 2 aromatic heterocycles. The highest BCUT2D eigenvalue weighted by molar-refractivity contribution is 6.22. The Bertz CT molecular complexity index is 1590. The summed E-state index contributed by atoms with van der Waals surface area (Å²) in [5.74, 6) is 4.57. The first-order chi connectivity index (χ1) is 18.2. The van der Waals surface area contributed by atoms with Gasteiger partial charge in [0.15, 0.2) is 5.60 Å². The normalized spacial score (nSPS) is 13.9. The third kappa shape index (κ3) is 4.43. The highest BCUT2D eigenvalue weighted by Gasteiger charge is 2.45. The van der Waals surface area contributed by atoms with Gasteiger partial charge >= 0.3 is 5.97 Å². The maximum atomic E-state index is 13.4. The van der Waals surface area contributed by atoms with Crippen LogP contribution in [0.3, 0.4) is 0 Å². The number of carbonyl (C=O) groups excluding carboxylic acids is 3. The van der Waals surface area contributed by atoms with Crippen molar-refractivity contribution in [1.29, 1.82) is 0 Å². The molecule has 1 atom stereocenters. The Labute approximate surface area is 220 Å². The molecule has 0 fully saturated rings. The van der Waals surface area contributed by atoms with Crippen LogP contribution < -0.4 is 0 Å². The number of rotatable bonds is 5. The van der Waals surface area contributed by atoms with E-state index in [1.807, 2.05) is 34.9 Å². The Morgan fingerprint density at radius 1 is 0.921 bits per heavy atom. The maximum absolute atomic E-state index is 13.4. The second kappa shape index (κ2) is 9.60. The molecule has 2 aromatic carbocycles. The number of carbonyl (C=O) groups is 3. The number of hydrogen-bond donors (Lipinski definition) is 0. The molecule has 5 rings (SSSR count). The molecule has 8 heteroatoms. The zero-order valence-corrected chi connectivity index (χ0v) is 21.5. The minimum Gasteiger partial charge on any atom is -0.445 e. The predicted molar refractivity (Wildman–Crippen MR) is 141 cm³/mol. The lowest BCUT2D eigenvalue weighted by Gasteiger charge is -2.30. The summed E-state index contributed by atoms with van der Waals surface area (Å²) in [4.78, 5) is 49.3. The van der Waals surface area contributed by atoms with E-state index in [1.54, 1.807) is 70.4 Å². The first-order valence-corrected chi connectivity index (χ1v) is 12.3. The van der Waals surface area contributed by atoms with E-state index < -0.39 is 29.4 Å². The molecule has 38 heavy (non-hydrogen) atoms. The van der Waals surface area contributed by atoms with Gasteiger partial charge in [-0.15, -0.1) is 0 Å². The van der Waals surface area contributed by atoms with Crippen molar-refractivity contribution in [3.63, 3.8) is 0 Å². The van der Waals surface area contributed by atoms with E-state index in [2.05, 4.69) is 21.8 Å². The number of fused-ring (bicyclic) bond motifs is 2. The van der Waals surface area contributed by atoms with Crippen LogP contribution in [0.15, 0.2) is 73.1 Å². The second-order valence-electron chi connectivity index (χ2n) is 9.87. The van der Waals surface area contributed by atoms with E-state index in [-0.39, 0.29) is 17.0 Å². The van der Waals surface area contributed by atoms with Crippen LogP contribution in [-0.2, 0) is 9.53 Å². The summed E-state index contributed by atoms with van der Waals surface area (Å²) >= 11 is 0. The van der Waals surface area contributed by atoms with Crippen molar-refractivity contribution in [1.82, 2.24) is 19.4 Å². The van der Waals surface area contributed by atoms with Crippen LogP contribution >= 0.6 is 0 Å². The average Bonchev–Trinajstić information content (AvgIpc) is 3.39. The van der Waals surface area contributed by atoms with Gasteiger partial charge in [-0.3, -0.25) is 19.1 Å². The number of hydrogen-bond acceptors (Lipinski definition) is 6. The van der Waals surface area contributed by atoms with E-state index in [1.165, 1.54) is 0 Å². The van der Waals surface area contributed by atoms with E-state index in [0.717, 1.165) is 15.8 Å². The summed E-state index contributed by atoms with van der Waals surface area (Å²) in [6, 6.07) is 16.9. The number of aromatic nitrogens is 3. The van der Waals surface area contributed by atoms with Gasteiger partial charge in [-0.1, -0.05) is 44.2 Å². The molecule has 0 saturated heterocycles.